The van der Waals surface area contributed by atoms with E-state index in [4.69, 9.17) is 14.9 Å². The van der Waals surface area contributed by atoms with Gasteiger partial charge in [0.15, 0.2) is 0 Å². The van der Waals surface area contributed by atoms with Crippen molar-refractivity contribution in [2.24, 2.45) is 0 Å². The molecule has 0 radical (unpaired) electrons. The Hall–Kier alpha value is -1.94. The van der Waals surface area contributed by atoms with Gasteiger partial charge < -0.3 is 19.8 Å². The Labute approximate surface area is 123 Å². The van der Waals surface area contributed by atoms with E-state index >= 15 is 0 Å². The first-order valence-corrected chi connectivity index (χ1v) is 6.82. The Bertz CT molecular complexity index is 550. The number of amides is 1. The van der Waals surface area contributed by atoms with Crippen LogP contribution in [0.15, 0.2) is 18.3 Å². The van der Waals surface area contributed by atoms with Crippen molar-refractivity contribution in [3.63, 3.8) is 0 Å². The highest BCUT2D eigenvalue weighted by Gasteiger charge is 2.26. The second-order valence-corrected chi connectivity index (χ2v) is 4.60. The minimum absolute atomic E-state index is 0.0157. The molecular weight excluding hydrogens is 272 g/mol. The third kappa shape index (κ3) is 4.02. The van der Waals surface area contributed by atoms with Crippen molar-refractivity contribution in [1.82, 2.24) is 9.88 Å². The van der Waals surface area contributed by atoms with Crippen molar-refractivity contribution in [1.29, 1.82) is 0 Å². The first-order chi connectivity index (χ1) is 10.3. The maximum Gasteiger partial charge on any atom is 0.273 e. The lowest BCUT2D eigenvalue weighted by molar-refractivity contribution is -0.0448. The number of aliphatic hydroxyl groups excluding tert-OH is 2. The van der Waals surface area contributed by atoms with Gasteiger partial charge in [0.25, 0.3) is 5.91 Å². The summed E-state index contributed by atoms with van der Waals surface area (Å²) in [6.45, 7) is 1.08. The summed E-state index contributed by atoms with van der Waals surface area (Å²) >= 11 is 0. The summed E-state index contributed by atoms with van der Waals surface area (Å²) < 4.78 is 5.33. The third-order valence-corrected chi connectivity index (χ3v) is 3.10. The van der Waals surface area contributed by atoms with Crippen LogP contribution in [-0.2, 0) is 4.74 Å². The monoisotopic (exact) mass is 290 g/mol. The van der Waals surface area contributed by atoms with E-state index in [1.54, 1.807) is 23.2 Å². The molecule has 1 unspecified atom stereocenters. The predicted octanol–water partition coefficient (Wildman–Crippen LogP) is -0.351. The number of rotatable bonds is 3. The number of aliphatic hydroxyl groups is 2. The molecule has 0 aromatic carbocycles. The smallest absolute Gasteiger partial charge is 0.273 e. The first-order valence-electron chi connectivity index (χ1n) is 6.82. The van der Waals surface area contributed by atoms with Crippen LogP contribution in [0.25, 0.3) is 0 Å². The van der Waals surface area contributed by atoms with Crippen molar-refractivity contribution < 1.29 is 19.7 Å². The van der Waals surface area contributed by atoms with Crippen molar-refractivity contribution >= 4 is 5.91 Å². The molecule has 1 aliphatic heterocycles. The maximum atomic E-state index is 12.5. The molecule has 0 spiro atoms. The van der Waals surface area contributed by atoms with Gasteiger partial charge in [-0.2, -0.15) is 0 Å². The van der Waals surface area contributed by atoms with E-state index in [0.29, 0.717) is 37.4 Å². The van der Waals surface area contributed by atoms with Crippen LogP contribution in [0.3, 0.4) is 0 Å². The third-order valence-electron chi connectivity index (χ3n) is 3.10. The van der Waals surface area contributed by atoms with Gasteiger partial charge >= 0.3 is 0 Å². The molecule has 0 bridgehead atoms. The van der Waals surface area contributed by atoms with Crippen LogP contribution >= 0.6 is 0 Å². The quantitative estimate of drug-likeness (QED) is 0.744. The number of ether oxygens (including phenoxy) is 1. The van der Waals surface area contributed by atoms with Gasteiger partial charge in [-0.1, -0.05) is 11.8 Å². The number of carbonyl (C=O) groups is 1. The Morgan fingerprint density at radius 3 is 3.14 bits per heavy atom. The molecule has 1 aromatic heterocycles. The van der Waals surface area contributed by atoms with Crippen LogP contribution < -0.4 is 0 Å². The summed E-state index contributed by atoms with van der Waals surface area (Å²) in [5, 5.41) is 17.9. The average Bonchev–Trinajstić information content (AvgIpc) is 2.55. The van der Waals surface area contributed by atoms with Gasteiger partial charge in [-0.3, -0.25) is 4.79 Å². The van der Waals surface area contributed by atoms with E-state index in [-0.39, 0.29) is 25.2 Å². The Kier molecular flexibility index (Phi) is 5.69. The lowest BCUT2D eigenvalue weighted by Crippen LogP contribution is -2.47. The van der Waals surface area contributed by atoms with Crippen LogP contribution in [0, 0.1) is 11.8 Å². The van der Waals surface area contributed by atoms with Crippen molar-refractivity contribution in [2.45, 2.75) is 12.5 Å². The molecule has 1 amide bonds. The zero-order valence-electron chi connectivity index (χ0n) is 11.7. The van der Waals surface area contributed by atoms with E-state index in [0.717, 1.165) is 0 Å². The second-order valence-electron chi connectivity index (χ2n) is 4.60. The molecule has 1 saturated heterocycles. The van der Waals surface area contributed by atoms with E-state index in [9.17, 15) is 4.79 Å². The van der Waals surface area contributed by atoms with E-state index in [1.807, 2.05) is 0 Å². The number of pyridine rings is 1. The molecule has 6 nitrogen and oxygen atoms in total. The Morgan fingerprint density at radius 1 is 1.52 bits per heavy atom. The largest absolute Gasteiger partial charge is 0.395 e. The van der Waals surface area contributed by atoms with Gasteiger partial charge in [-0.05, 0) is 12.1 Å². The molecular formula is C15H18N2O4. The second kappa shape index (κ2) is 7.74. The number of morpholine rings is 1. The van der Waals surface area contributed by atoms with Crippen molar-refractivity contribution in [2.75, 3.05) is 32.9 Å². The minimum atomic E-state index is -0.352. The average molecular weight is 290 g/mol. The minimum Gasteiger partial charge on any atom is -0.395 e. The molecule has 6 heteroatoms. The van der Waals surface area contributed by atoms with Crippen LogP contribution in [0.5, 0.6) is 0 Å². The van der Waals surface area contributed by atoms with Crippen molar-refractivity contribution in [3.05, 3.63) is 29.6 Å². The summed E-state index contributed by atoms with van der Waals surface area (Å²) in [4.78, 5) is 18.3. The fourth-order valence-electron chi connectivity index (χ4n) is 2.05. The van der Waals surface area contributed by atoms with Crippen LogP contribution in [0.1, 0.15) is 22.5 Å². The van der Waals surface area contributed by atoms with Crippen LogP contribution in [0.2, 0.25) is 0 Å². The van der Waals surface area contributed by atoms with Gasteiger partial charge in [-0.15, -0.1) is 0 Å². The highest BCUT2D eigenvalue weighted by atomic mass is 16.5. The molecule has 0 saturated carbocycles. The Morgan fingerprint density at radius 2 is 2.38 bits per heavy atom. The molecule has 2 N–H and O–H groups in total. The van der Waals surface area contributed by atoms with Gasteiger partial charge in [0.2, 0.25) is 0 Å². The molecule has 1 aromatic rings. The number of aromatic nitrogens is 1. The van der Waals surface area contributed by atoms with Gasteiger partial charge in [0.05, 0.1) is 31.5 Å². The SMILES string of the molecule is O=C(c1ncccc1C#CCCO)N1CCOC(CO)C1. The lowest BCUT2D eigenvalue weighted by atomic mass is 10.1. The number of nitrogens with zero attached hydrogens (tertiary/aromatic N) is 2. The highest BCUT2D eigenvalue weighted by molar-refractivity contribution is 5.94. The molecule has 1 atom stereocenters. The topological polar surface area (TPSA) is 82.9 Å². The first kappa shape index (κ1) is 15.4. The fourth-order valence-corrected chi connectivity index (χ4v) is 2.05. The summed E-state index contributed by atoms with van der Waals surface area (Å²) in [7, 11) is 0. The fraction of sp³-hybridized carbons (Fsp3) is 0.467. The molecule has 0 aliphatic carbocycles. The summed E-state index contributed by atoms with van der Waals surface area (Å²) in [5.74, 6) is 5.44. The van der Waals surface area contributed by atoms with Gasteiger partial charge in [0.1, 0.15) is 5.69 Å². The number of hydrogen-bond acceptors (Lipinski definition) is 5. The molecule has 1 fully saturated rings. The summed E-state index contributed by atoms with van der Waals surface area (Å²) in [6, 6.07) is 3.45. The van der Waals surface area contributed by atoms with E-state index < -0.39 is 0 Å². The van der Waals surface area contributed by atoms with Gasteiger partial charge in [0, 0.05) is 25.7 Å². The van der Waals surface area contributed by atoms with E-state index in [1.165, 1.54) is 0 Å². The zero-order chi connectivity index (χ0) is 15.1. The van der Waals surface area contributed by atoms with Crippen LogP contribution in [0.4, 0.5) is 0 Å². The standard InChI is InChI=1S/C15H18N2O4/c18-8-2-1-4-12-5-3-6-16-14(12)15(20)17-7-9-21-13(10-17)11-19/h3,5-6,13,18-19H,2,7-11H2. The summed E-state index contributed by atoms with van der Waals surface area (Å²) in [5.41, 5.74) is 0.838. The zero-order valence-corrected chi connectivity index (χ0v) is 11.7. The molecule has 112 valence electrons. The molecule has 1 aliphatic rings. The highest BCUT2D eigenvalue weighted by Crippen LogP contribution is 2.12. The number of carbonyl (C=O) groups excluding carboxylic acids is 1. The van der Waals surface area contributed by atoms with E-state index in [2.05, 4.69) is 16.8 Å². The van der Waals surface area contributed by atoms with Crippen LogP contribution in [-0.4, -0.2) is 65.0 Å². The molecule has 21 heavy (non-hydrogen) atoms. The van der Waals surface area contributed by atoms with Gasteiger partial charge in [-0.25, -0.2) is 4.98 Å². The maximum absolute atomic E-state index is 12.5. The lowest BCUT2D eigenvalue weighted by Gasteiger charge is -2.31. The van der Waals surface area contributed by atoms with Crippen molar-refractivity contribution in [3.8, 4) is 11.8 Å². The number of hydrogen-bond donors (Lipinski definition) is 2. The Balaban J connectivity index is 2.17. The normalized spacial score (nSPS) is 18.0. The molecule has 2 heterocycles. The molecule has 2 rings (SSSR count). The predicted molar refractivity (Wildman–Crippen MR) is 75.5 cm³/mol. The summed E-state index contributed by atoms with van der Waals surface area (Å²) in [6.07, 6.45) is 1.55.